The number of hydrogen-bond acceptors (Lipinski definition) is 1. The van der Waals surface area contributed by atoms with Gasteiger partial charge in [0, 0.05) is 11.4 Å². The maximum Gasteiger partial charge on any atom is 0.243 e. The minimum absolute atomic E-state index is 0.0522. The largest absolute Gasteiger partial charge is 0.350 e. The molecule has 2 saturated carbocycles. The molecule has 2 aliphatic carbocycles. The first-order valence-corrected chi connectivity index (χ1v) is 5.21. The highest BCUT2D eigenvalue weighted by atomic mass is 35.5. The van der Waals surface area contributed by atoms with Gasteiger partial charge in [0.15, 0.2) is 0 Å². The molecule has 0 aromatic carbocycles. The highest BCUT2D eigenvalue weighted by Gasteiger charge is 2.45. The number of fused-ring (bicyclic) bond motifs is 2. The van der Waals surface area contributed by atoms with E-state index in [1.54, 1.807) is 0 Å². The zero-order valence-corrected chi connectivity index (χ0v) is 8.26. The van der Waals surface area contributed by atoms with E-state index in [0.29, 0.717) is 23.3 Å². The van der Waals surface area contributed by atoms with Crippen LogP contribution in [-0.4, -0.2) is 17.3 Å². The second-order valence-electron chi connectivity index (χ2n) is 4.06. The molecule has 2 nitrogen and oxygen atoms in total. The van der Waals surface area contributed by atoms with Crippen LogP contribution in [0.25, 0.3) is 0 Å². The highest BCUT2D eigenvalue weighted by Crippen LogP contribution is 2.47. The Morgan fingerprint density at radius 1 is 1.38 bits per heavy atom. The molecule has 0 aliphatic heterocycles. The Morgan fingerprint density at radius 3 is 2.62 bits per heavy atom. The molecule has 2 fully saturated rings. The summed E-state index contributed by atoms with van der Waals surface area (Å²) in [5, 5.41) is 3.31. The molecule has 0 saturated heterocycles. The average molecular weight is 200 g/mol. The SMILES string of the molecule is C=CC(=O)NC1CC2CC1CC2Cl. The summed E-state index contributed by atoms with van der Waals surface area (Å²) in [7, 11) is 0. The van der Waals surface area contributed by atoms with Crippen LogP contribution in [0.2, 0.25) is 0 Å². The van der Waals surface area contributed by atoms with Crippen LogP contribution in [0.1, 0.15) is 19.3 Å². The van der Waals surface area contributed by atoms with Crippen LogP contribution >= 0.6 is 11.6 Å². The highest BCUT2D eigenvalue weighted by molar-refractivity contribution is 6.21. The smallest absolute Gasteiger partial charge is 0.243 e. The van der Waals surface area contributed by atoms with E-state index in [1.165, 1.54) is 12.5 Å². The van der Waals surface area contributed by atoms with Gasteiger partial charge in [-0.15, -0.1) is 11.6 Å². The summed E-state index contributed by atoms with van der Waals surface area (Å²) in [6.45, 7) is 3.44. The molecular weight excluding hydrogens is 186 g/mol. The van der Waals surface area contributed by atoms with Gasteiger partial charge in [0.1, 0.15) is 0 Å². The first-order chi connectivity index (χ1) is 6.20. The number of halogens is 1. The van der Waals surface area contributed by atoms with Crippen molar-refractivity contribution < 1.29 is 4.79 Å². The number of alkyl halides is 1. The zero-order chi connectivity index (χ0) is 9.42. The third-order valence-electron chi connectivity index (χ3n) is 3.28. The molecule has 0 heterocycles. The number of amides is 1. The van der Waals surface area contributed by atoms with Crippen LogP contribution in [0.5, 0.6) is 0 Å². The van der Waals surface area contributed by atoms with Crippen molar-refractivity contribution >= 4 is 17.5 Å². The van der Waals surface area contributed by atoms with Crippen molar-refractivity contribution in [3.05, 3.63) is 12.7 Å². The topological polar surface area (TPSA) is 29.1 Å². The number of hydrogen-bond donors (Lipinski definition) is 1. The van der Waals surface area contributed by atoms with E-state index >= 15 is 0 Å². The van der Waals surface area contributed by atoms with E-state index in [0.717, 1.165) is 12.8 Å². The van der Waals surface area contributed by atoms with Crippen molar-refractivity contribution in [3.8, 4) is 0 Å². The quantitative estimate of drug-likeness (QED) is 0.532. The Hall–Kier alpha value is -0.500. The summed E-state index contributed by atoms with van der Waals surface area (Å²) in [6, 6.07) is 0.352. The predicted molar refractivity (Wildman–Crippen MR) is 52.6 cm³/mol. The molecule has 0 spiro atoms. The average Bonchev–Trinajstić information content (AvgIpc) is 2.63. The van der Waals surface area contributed by atoms with Crippen LogP contribution < -0.4 is 5.32 Å². The maximum atomic E-state index is 11.1. The summed E-state index contributed by atoms with van der Waals surface area (Å²) in [5.41, 5.74) is 0. The second kappa shape index (κ2) is 3.33. The van der Waals surface area contributed by atoms with Crippen LogP contribution in [0.3, 0.4) is 0 Å². The van der Waals surface area contributed by atoms with Gasteiger partial charge in [-0.25, -0.2) is 0 Å². The Kier molecular flexibility index (Phi) is 2.33. The summed E-state index contributed by atoms with van der Waals surface area (Å²) in [5.74, 6) is 1.18. The fourth-order valence-electron chi connectivity index (χ4n) is 2.62. The second-order valence-corrected chi connectivity index (χ2v) is 4.62. The lowest BCUT2D eigenvalue weighted by atomic mass is 9.95. The Balaban J connectivity index is 1.92. The van der Waals surface area contributed by atoms with Gasteiger partial charge in [-0.3, -0.25) is 4.79 Å². The monoisotopic (exact) mass is 199 g/mol. The van der Waals surface area contributed by atoms with Gasteiger partial charge in [0.25, 0.3) is 0 Å². The molecular formula is C10H14ClNO. The van der Waals surface area contributed by atoms with Crippen molar-refractivity contribution in [1.82, 2.24) is 5.32 Å². The Morgan fingerprint density at radius 2 is 2.15 bits per heavy atom. The van der Waals surface area contributed by atoms with E-state index in [-0.39, 0.29) is 5.91 Å². The van der Waals surface area contributed by atoms with Crippen molar-refractivity contribution in [2.75, 3.05) is 0 Å². The Bertz CT molecular complexity index is 239. The van der Waals surface area contributed by atoms with Crippen LogP contribution in [-0.2, 0) is 4.79 Å². The minimum Gasteiger partial charge on any atom is -0.350 e. The van der Waals surface area contributed by atoms with E-state index in [1.807, 2.05) is 0 Å². The molecule has 4 unspecified atom stereocenters. The van der Waals surface area contributed by atoms with E-state index in [2.05, 4.69) is 11.9 Å². The van der Waals surface area contributed by atoms with Gasteiger partial charge in [0.2, 0.25) is 5.91 Å². The van der Waals surface area contributed by atoms with Crippen LogP contribution in [0.15, 0.2) is 12.7 Å². The number of nitrogens with one attached hydrogen (secondary N) is 1. The van der Waals surface area contributed by atoms with Gasteiger partial charge in [-0.2, -0.15) is 0 Å². The molecule has 1 N–H and O–H groups in total. The lowest BCUT2D eigenvalue weighted by Gasteiger charge is -2.24. The molecule has 2 bridgehead atoms. The van der Waals surface area contributed by atoms with Crippen molar-refractivity contribution in [2.24, 2.45) is 11.8 Å². The molecule has 1 amide bonds. The van der Waals surface area contributed by atoms with E-state index in [4.69, 9.17) is 11.6 Å². The third kappa shape index (κ3) is 1.60. The van der Waals surface area contributed by atoms with Gasteiger partial charge in [-0.1, -0.05) is 6.58 Å². The van der Waals surface area contributed by atoms with Gasteiger partial charge >= 0.3 is 0 Å². The molecule has 2 rings (SSSR count). The molecule has 2 aliphatic rings. The number of carbonyl (C=O) groups is 1. The zero-order valence-electron chi connectivity index (χ0n) is 7.50. The summed E-state index contributed by atoms with van der Waals surface area (Å²) >= 11 is 6.11. The van der Waals surface area contributed by atoms with Crippen molar-refractivity contribution in [2.45, 2.75) is 30.7 Å². The van der Waals surface area contributed by atoms with Gasteiger partial charge < -0.3 is 5.32 Å². The fourth-order valence-corrected chi connectivity index (χ4v) is 3.06. The molecule has 0 radical (unpaired) electrons. The lowest BCUT2D eigenvalue weighted by Crippen LogP contribution is -2.39. The summed E-state index contributed by atoms with van der Waals surface area (Å²) in [6.07, 6.45) is 4.65. The third-order valence-corrected chi connectivity index (χ3v) is 3.82. The molecule has 4 atom stereocenters. The number of rotatable bonds is 2. The Labute approximate surface area is 83.3 Å². The van der Waals surface area contributed by atoms with Crippen molar-refractivity contribution in [3.63, 3.8) is 0 Å². The number of carbonyl (C=O) groups excluding carboxylic acids is 1. The standard InChI is InChI=1S/C10H14ClNO/c1-2-10(13)12-9-5-6-3-7(9)4-8(6)11/h2,6-9H,1,3-5H2,(H,12,13). The molecule has 72 valence electrons. The molecule has 13 heavy (non-hydrogen) atoms. The van der Waals surface area contributed by atoms with Gasteiger partial charge in [0.05, 0.1) is 0 Å². The van der Waals surface area contributed by atoms with Gasteiger partial charge in [-0.05, 0) is 37.2 Å². The molecule has 0 aromatic heterocycles. The summed E-state index contributed by atoms with van der Waals surface area (Å²) in [4.78, 5) is 11.1. The fraction of sp³-hybridized carbons (Fsp3) is 0.700. The first kappa shape index (κ1) is 9.07. The first-order valence-electron chi connectivity index (χ1n) is 4.77. The molecule has 0 aromatic rings. The molecule has 3 heteroatoms. The summed E-state index contributed by atoms with van der Waals surface area (Å²) < 4.78 is 0. The van der Waals surface area contributed by atoms with Crippen molar-refractivity contribution in [1.29, 1.82) is 0 Å². The van der Waals surface area contributed by atoms with Crippen LogP contribution in [0.4, 0.5) is 0 Å². The normalized spacial score (nSPS) is 41.9. The maximum absolute atomic E-state index is 11.1. The lowest BCUT2D eigenvalue weighted by molar-refractivity contribution is -0.117. The van der Waals surface area contributed by atoms with E-state index < -0.39 is 0 Å². The van der Waals surface area contributed by atoms with E-state index in [9.17, 15) is 4.79 Å². The van der Waals surface area contributed by atoms with Crippen LogP contribution in [0, 0.1) is 11.8 Å². The predicted octanol–water partition coefficient (Wildman–Crippen LogP) is 1.69. The minimum atomic E-state index is -0.0522.